The lowest BCUT2D eigenvalue weighted by atomic mass is 10.1. The van der Waals surface area contributed by atoms with Crippen LogP contribution in [0.25, 0.3) is 22.2 Å². The molecule has 1 atom stereocenters. The van der Waals surface area contributed by atoms with Gasteiger partial charge in [0.1, 0.15) is 11.3 Å². The van der Waals surface area contributed by atoms with E-state index in [1.807, 2.05) is 68.1 Å². The number of carbonyl (C=O) groups is 1. The highest BCUT2D eigenvalue weighted by Crippen LogP contribution is 2.38. The fourth-order valence-corrected chi connectivity index (χ4v) is 5.53. The van der Waals surface area contributed by atoms with Crippen LogP contribution in [-0.2, 0) is 11.8 Å². The fourth-order valence-electron chi connectivity index (χ4n) is 5.53. The molecule has 1 unspecified atom stereocenters. The molecule has 1 aliphatic heterocycles. The van der Waals surface area contributed by atoms with Gasteiger partial charge >= 0.3 is 5.97 Å². The number of methoxy groups -OCH3 is 1. The van der Waals surface area contributed by atoms with Gasteiger partial charge in [0.2, 0.25) is 5.95 Å². The normalized spacial score (nSPS) is 15.4. The third-order valence-corrected chi connectivity index (χ3v) is 7.67. The Labute approximate surface area is 241 Å². The van der Waals surface area contributed by atoms with E-state index in [4.69, 9.17) is 20.2 Å². The summed E-state index contributed by atoms with van der Waals surface area (Å²) < 4.78 is 13.3. The summed E-state index contributed by atoms with van der Waals surface area (Å²) in [7, 11) is 7.82. The summed E-state index contributed by atoms with van der Waals surface area (Å²) in [4.78, 5) is 26.9. The molecule has 4 aromatic rings. The number of carbonyl (C=O) groups excluding carboxylic acids is 1. The number of esters is 1. The number of hydrogen-bond acceptors (Lipinski definition) is 9. The molecular formula is C31H39N7O3. The van der Waals surface area contributed by atoms with Crippen molar-refractivity contribution in [2.24, 2.45) is 7.05 Å². The molecule has 0 bridgehead atoms. The van der Waals surface area contributed by atoms with Crippen LogP contribution in [0.15, 0.2) is 48.8 Å². The van der Waals surface area contributed by atoms with Crippen molar-refractivity contribution in [1.29, 1.82) is 0 Å². The lowest BCUT2D eigenvalue weighted by Crippen LogP contribution is -2.36. The van der Waals surface area contributed by atoms with E-state index in [1.165, 1.54) is 19.0 Å². The molecule has 1 saturated heterocycles. The van der Waals surface area contributed by atoms with Gasteiger partial charge in [0.15, 0.2) is 0 Å². The number of nitrogens with zero attached hydrogens (tertiary/aromatic N) is 5. The highest BCUT2D eigenvalue weighted by atomic mass is 16.5. The molecule has 1 aliphatic rings. The summed E-state index contributed by atoms with van der Waals surface area (Å²) in [5.74, 6) is 0.441. The average Bonchev–Trinajstić information content (AvgIpc) is 3.50. The van der Waals surface area contributed by atoms with E-state index in [2.05, 4.69) is 34.2 Å². The quantitative estimate of drug-likeness (QED) is 0.215. The highest BCUT2D eigenvalue weighted by Gasteiger charge is 2.25. The Kier molecular flexibility index (Phi) is 8.03. The highest BCUT2D eigenvalue weighted by molar-refractivity contribution is 6.03. The van der Waals surface area contributed by atoms with E-state index in [1.54, 1.807) is 7.11 Å². The van der Waals surface area contributed by atoms with Crippen LogP contribution in [0.5, 0.6) is 5.75 Å². The lowest BCUT2D eigenvalue weighted by Gasteiger charge is -2.29. The van der Waals surface area contributed by atoms with E-state index in [0.717, 1.165) is 35.2 Å². The van der Waals surface area contributed by atoms with Crippen molar-refractivity contribution in [2.75, 3.05) is 50.2 Å². The third-order valence-electron chi connectivity index (χ3n) is 7.67. The van der Waals surface area contributed by atoms with Crippen molar-refractivity contribution in [3.8, 4) is 17.0 Å². The SMILES string of the molecule is COc1cc(N(C)CC2CCCN2C)c(N)cc1Nc1ncc(C(=O)OC(C)C)c(-c2cn(C)c3ccccc23)n1. The smallest absolute Gasteiger partial charge is 0.342 e. The number of nitrogens with one attached hydrogen (secondary N) is 1. The molecule has 10 nitrogen and oxygen atoms in total. The Morgan fingerprint density at radius 1 is 1.24 bits per heavy atom. The maximum atomic E-state index is 13.1. The van der Waals surface area contributed by atoms with E-state index >= 15 is 0 Å². The molecular weight excluding hydrogens is 518 g/mol. The Bertz CT molecular complexity index is 1570. The van der Waals surface area contributed by atoms with E-state index < -0.39 is 5.97 Å². The topological polar surface area (TPSA) is 111 Å². The number of nitrogen functional groups attached to an aromatic ring is 1. The number of para-hydroxylation sites is 1. The molecule has 0 amide bonds. The van der Waals surface area contributed by atoms with E-state index in [9.17, 15) is 4.79 Å². The van der Waals surface area contributed by atoms with Crippen molar-refractivity contribution in [2.45, 2.75) is 38.8 Å². The van der Waals surface area contributed by atoms with Crippen LogP contribution in [-0.4, -0.2) is 71.8 Å². The average molecular weight is 558 g/mol. The van der Waals surface area contributed by atoms with E-state index in [0.29, 0.717) is 40.4 Å². The number of aromatic nitrogens is 3. The molecule has 216 valence electrons. The number of benzene rings is 2. The summed E-state index contributed by atoms with van der Waals surface area (Å²) in [5.41, 5.74) is 11.3. The van der Waals surface area contributed by atoms with Crippen LogP contribution < -0.4 is 20.7 Å². The van der Waals surface area contributed by atoms with Gasteiger partial charge in [-0.15, -0.1) is 0 Å². The van der Waals surface area contributed by atoms with Crippen molar-refractivity contribution in [1.82, 2.24) is 19.4 Å². The number of hydrogen-bond donors (Lipinski definition) is 2. The third kappa shape index (κ3) is 5.78. The second-order valence-corrected chi connectivity index (χ2v) is 11.0. The molecule has 5 rings (SSSR count). The lowest BCUT2D eigenvalue weighted by molar-refractivity contribution is 0.0378. The molecule has 0 radical (unpaired) electrons. The van der Waals surface area contributed by atoms with Gasteiger partial charge in [0, 0.05) is 61.6 Å². The zero-order valence-electron chi connectivity index (χ0n) is 24.6. The molecule has 2 aromatic heterocycles. The summed E-state index contributed by atoms with van der Waals surface area (Å²) >= 11 is 0. The van der Waals surface area contributed by atoms with Gasteiger partial charge < -0.3 is 34.9 Å². The van der Waals surface area contributed by atoms with Crippen molar-refractivity contribution in [3.05, 3.63) is 54.4 Å². The van der Waals surface area contributed by atoms with Crippen molar-refractivity contribution in [3.63, 3.8) is 0 Å². The molecule has 0 aliphatic carbocycles. The molecule has 3 N–H and O–H groups in total. The van der Waals surface area contributed by atoms with Crippen LogP contribution in [0.1, 0.15) is 37.0 Å². The molecule has 3 heterocycles. The number of fused-ring (bicyclic) bond motifs is 1. The number of nitrogens with two attached hydrogens (primary N) is 1. The van der Waals surface area contributed by atoms with Gasteiger partial charge in [-0.3, -0.25) is 0 Å². The number of likely N-dealkylation sites (N-methyl/N-ethyl adjacent to an activating group) is 2. The zero-order valence-corrected chi connectivity index (χ0v) is 24.6. The first-order chi connectivity index (χ1) is 19.7. The monoisotopic (exact) mass is 557 g/mol. The minimum atomic E-state index is -0.475. The van der Waals surface area contributed by atoms with Crippen LogP contribution in [0.3, 0.4) is 0 Å². The maximum absolute atomic E-state index is 13.1. The Hall–Kier alpha value is -4.31. The Morgan fingerprint density at radius 2 is 2.02 bits per heavy atom. The molecule has 0 spiro atoms. The molecule has 10 heteroatoms. The molecule has 0 saturated carbocycles. The number of ether oxygens (including phenoxy) is 2. The van der Waals surface area contributed by atoms with E-state index in [-0.39, 0.29) is 6.10 Å². The van der Waals surface area contributed by atoms with Gasteiger partial charge in [0.25, 0.3) is 0 Å². The van der Waals surface area contributed by atoms with Crippen LogP contribution in [0.4, 0.5) is 23.0 Å². The molecule has 1 fully saturated rings. The Balaban J connectivity index is 1.51. The number of rotatable bonds is 9. The predicted octanol–water partition coefficient (Wildman–Crippen LogP) is 5.07. The molecule has 41 heavy (non-hydrogen) atoms. The van der Waals surface area contributed by atoms with Gasteiger partial charge in [-0.1, -0.05) is 18.2 Å². The van der Waals surface area contributed by atoms with Crippen LogP contribution in [0, 0.1) is 0 Å². The first kappa shape index (κ1) is 28.2. The summed E-state index contributed by atoms with van der Waals surface area (Å²) in [5, 5.41) is 4.24. The predicted molar refractivity (Wildman–Crippen MR) is 164 cm³/mol. The fraction of sp³-hybridized carbons (Fsp3) is 0.387. The minimum absolute atomic E-state index is 0.279. The largest absolute Gasteiger partial charge is 0.494 e. The first-order valence-corrected chi connectivity index (χ1v) is 13.9. The zero-order chi connectivity index (χ0) is 29.3. The number of aryl methyl sites for hydroxylation is 1. The van der Waals surface area contributed by atoms with Crippen LogP contribution >= 0.6 is 0 Å². The number of likely N-dealkylation sites (tertiary alicyclic amines) is 1. The number of anilines is 4. The second-order valence-electron chi connectivity index (χ2n) is 11.0. The summed E-state index contributed by atoms with van der Waals surface area (Å²) in [6, 6.07) is 12.3. The van der Waals surface area contributed by atoms with Crippen molar-refractivity contribution >= 4 is 39.9 Å². The van der Waals surface area contributed by atoms with Gasteiger partial charge in [0.05, 0.1) is 36.0 Å². The van der Waals surface area contributed by atoms with Crippen molar-refractivity contribution < 1.29 is 14.3 Å². The second kappa shape index (κ2) is 11.7. The summed E-state index contributed by atoms with van der Waals surface area (Å²) in [6.45, 7) is 5.63. The van der Waals surface area contributed by atoms with Gasteiger partial charge in [-0.25, -0.2) is 14.8 Å². The maximum Gasteiger partial charge on any atom is 0.342 e. The Morgan fingerprint density at radius 3 is 2.73 bits per heavy atom. The van der Waals surface area contributed by atoms with Gasteiger partial charge in [-0.2, -0.15) is 0 Å². The minimum Gasteiger partial charge on any atom is -0.494 e. The summed E-state index contributed by atoms with van der Waals surface area (Å²) in [6.07, 6.45) is 5.58. The molecule has 2 aromatic carbocycles. The first-order valence-electron chi connectivity index (χ1n) is 13.9. The van der Waals surface area contributed by atoms with Gasteiger partial charge in [-0.05, 0) is 52.4 Å². The van der Waals surface area contributed by atoms with Crippen LogP contribution in [0.2, 0.25) is 0 Å². The standard InChI is InChI=1S/C31H39N7O3/c1-19(2)41-30(39)22-16-33-31(35-29(22)23-18-38(5)26-12-8-7-11-21(23)26)34-25-14-24(32)27(15-28(25)40-6)37(4)17-20-10-9-13-36(20)3/h7-8,11-12,14-16,18-20H,9-10,13,17,32H2,1-6H3,(H,33,34,35).